The van der Waals surface area contributed by atoms with Gasteiger partial charge in [-0.2, -0.15) is 0 Å². The lowest BCUT2D eigenvalue weighted by atomic mass is 9.85. The summed E-state index contributed by atoms with van der Waals surface area (Å²) in [4.78, 5) is 65.8. The van der Waals surface area contributed by atoms with E-state index in [2.05, 4.69) is 20.6 Å². The average Bonchev–Trinajstić information content (AvgIpc) is 3.58. The molecule has 2 N–H and O–H groups in total. The maximum absolute atomic E-state index is 14.0. The van der Waals surface area contributed by atoms with Crippen molar-refractivity contribution in [1.82, 2.24) is 24.8 Å². The number of Topliss-reactive ketones (excluding diaryl/α,β-unsaturated/α-hetero) is 1. The van der Waals surface area contributed by atoms with Crippen molar-refractivity contribution >= 4 is 50.7 Å². The van der Waals surface area contributed by atoms with Crippen LogP contribution in [0.4, 0.5) is 11.5 Å². The molecule has 42 heavy (non-hydrogen) atoms. The molecule has 2 bridgehead atoms. The third-order valence-corrected chi connectivity index (χ3v) is 11.5. The predicted molar refractivity (Wildman–Crippen MR) is 158 cm³/mol. The van der Waals surface area contributed by atoms with Gasteiger partial charge < -0.3 is 15.5 Å². The second-order valence-corrected chi connectivity index (χ2v) is 13.9. The Balaban J connectivity index is 1.12. The van der Waals surface area contributed by atoms with Crippen molar-refractivity contribution in [2.45, 2.75) is 102 Å². The standard InChI is InChI=1S/C31H34N6O4S/c1-16-11-22(30(41)37-25(16)27(39)35-31(37)9-3-2-4-10-31)34-26-24-21-8-5-17(12-23(21)42-28(24)33-15-32-26)29(40)36-18-6-7-19(36)14-20(38)13-18/h11,15,17-19H,2-10,12-14H2,1H3,(H,35,39)(H,32,33,34)/t17-,18?,19?/m0/s1. The first-order valence-corrected chi connectivity index (χ1v) is 16.1. The number of hydrogen-bond donors (Lipinski definition) is 2. The van der Waals surface area contributed by atoms with Gasteiger partial charge in [0.1, 0.15) is 39.8 Å². The highest BCUT2D eigenvalue weighted by Gasteiger charge is 2.46. The molecule has 3 aromatic heterocycles. The van der Waals surface area contributed by atoms with Gasteiger partial charge in [-0.3, -0.25) is 23.7 Å². The molecule has 0 radical (unpaired) electrons. The van der Waals surface area contributed by atoms with Crippen LogP contribution in [-0.4, -0.2) is 49.1 Å². The number of nitrogens with zero attached hydrogens (tertiary/aromatic N) is 4. The molecule has 2 aliphatic carbocycles. The van der Waals surface area contributed by atoms with Crippen LogP contribution in [-0.2, 0) is 28.1 Å². The van der Waals surface area contributed by atoms with E-state index in [-0.39, 0.29) is 41.2 Å². The third-order valence-electron chi connectivity index (χ3n) is 10.3. The van der Waals surface area contributed by atoms with Crippen LogP contribution in [0.25, 0.3) is 10.2 Å². The number of amides is 2. The SMILES string of the molecule is Cc1cc(Nc2ncnc3sc4c(c23)CC[C@H](C(=O)N2C3CCC2CC(=O)C3)C4)c(=O)n2c1C(=O)NC21CCCCC1. The first kappa shape index (κ1) is 26.1. The molecule has 0 aromatic carbocycles. The van der Waals surface area contributed by atoms with Gasteiger partial charge in [-0.25, -0.2) is 9.97 Å². The Morgan fingerprint density at radius 1 is 1.05 bits per heavy atom. The normalized spacial score (nSPS) is 25.9. The fourth-order valence-electron chi connectivity index (χ4n) is 8.42. The van der Waals surface area contributed by atoms with E-state index in [1.54, 1.807) is 22.0 Å². The number of ketones is 1. The van der Waals surface area contributed by atoms with Crippen molar-refractivity contribution in [3.8, 4) is 0 Å². The molecule has 2 unspecified atom stereocenters. The Labute approximate surface area is 246 Å². The number of aromatic nitrogens is 3. The number of hydrogen-bond acceptors (Lipinski definition) is 8. The van der Waals surface area contributed by atoms with Gasteiger partial charge >= 0.3 is 0 Å². The lowest BCUT2D eigenvalue weighted by Crippen LogP contribution is -2.49. The van der Waals surface area contributed by atoms with E-state index >= 15 is 0 Å². The summed E-state index contributed by atoms with van der Waals surface area (Å²) >= 11 is 1.60. The van der Waals surface area contributed by atoms with E-state index < -0.39 is 5.66 Å². The van der Waals surface area contributed by atoms with Crippen LogP contribution in [0, 0.1) is 12.8 Å². The van der Waals surface area contributed by atoms with Gasteiger partial charge in [0.25, 0.3) is 11.5 Å². The minimum absolute atomic E-state index is 0.0717. The van der Waals surface area contributed by atoms with E-state index in [1.165, 1.54) is 6.33 Å². The van der Waals surface area contributed by atoms with Crippen molar-refractivity contribution in [2.24, 2.45) is 5.92 Å². The zero-order valence-electron chi connectivity index (χ0n) is 23.7. The molecule has 8 rings (SSSR count). The number of aryl methyl sites for hydroxylation is 2. The van der Waals surface area contributed by atoms with Gasteiger partial charge in [0.2, 0.25) is 5.91 Å². The van der Waals surface area contributed by atoms with Crippen LogP contribution in [0.2, 0.25) is 0 Å². The first-order chi connectivity index (χ1) is 20.3. The van der Waals surface area contributed by atoms with E-state index in [1.807, 2.05) is 11.8 Å². The number of piperidine rings is 1. The summed E-state index contributed by atoms with van der Waals surface area (Å²) in [6.45, 7) is 1.88. The minimum Gasteiger partial charge on any atom is -0.336 e. The second kappa shape index (κ2) is 9.45. The van der Waals surface area contributed by atoms with Crippen LogP contribution in [0.5, 0.6) is 0 Å². The summed E-state index contributed by atoms with van der Waals surface area (Å²) in [6, 6.07) is 1.90. The molecule has 1 saturated carbocycles. The number of carbonyl (C=O) groups is 3. The van der Waals surface area contributed by atoms with Crippen molar-refractivity contribution in [3.63, 3.8) is 0 Å². The molecule has 3 atom stereocenters. The summed E-state index contributed by atoms with van der Waals surface area (Å²) in [5, 5.41) is 7.40. The Morgan fingerprint density at radius 2 is 1.81 bits per heavy atom. The van der Waals surface area contributed by atoms with E-state index in [4.69, 9.17) is 0 Å². The highest BCUT2D eigenvalue weighted by atomic mass is 32.1. The van der Waals surface area contributed by atoms with Crippen molar-refractivity contribution in [1.29, 1.82) is 0 Å². The van der Waals surface area contributed by atoms with Crippen LogP contribution in [0.15, 0.2) is 17.2 Å². The average molecular weight is 587 g/mol. The molecule has 2 amide bonds. The zero-order valence-corrected chi connectivity index (χ0v) is 24.5. The number of carbonyl (C=O) groups excluding carboxylic acids is 3. The molecule has 6 heterocycles. The lowest BCUT2D eigenvalue weighted by Gasteiger charge is -2.37. The van der Waals surface area contributed by atoms with Crippen molar-refractivity contribution in [3.05, 3.63) is 44.4 Å². The van der Waals surface area contributed by atoms with Crippen LogP contribution in [0.3, 0.4) is 0 Å². The summed E-state index contributed by atoms with van der Waals surface area (Å²) in [5.41, 5.74) is 1.89. The molecule has 3 fully saturated rings. The minimum atomic E-state index is -0.657. The monoisotopic (exact) mass is 586 g/mol. The summed E-state index contributed by atoms with van der Waals surface area (Å²) in [7, 11) is 0. The van der Waals surface area contributed by atoms with E-state index in [9.17, 15) is 19.2 Å². The van der Waals surface area contributed by atoms with Gasteiger partial charge in [-0.05, 0) is 81.9 Å². The smallest absolute Gasteiger partial charge is 0.276 e. The van der Waals surface area contributed by atoms with Gasteiger partial charge in [0.15, 0.2) is 0 Å². The fraction of sp³-hybridized carbons (Fsp3) is 0.548. The second-order valence-electron chi connectivity index (χ2n) is 12.8. The number of anilines is 2. The predicted octanol–water partition coefficient (Wildman–Crippen LogP) is 4.09. The fourth-order valence-corrected chi connectivity index (χ4v) is 9.69. The van der Waals surface area contributed by atoms with Crippen LogP contribution >= 0.6 is 11.3 Å². The molecule has 1 spiro atoms. The molecule has 10 nitrogen and oxygen atoms in total. The molecule has 3 aliphatic heterocycles. The first-order valence-electron chi connectivity index (χ1n) is 15.3. The van der Waals surface area contributed by atoms with E-state index in [0.29, 0.717) is 36.5 Å². The quantitative estimate of drug-likeness (QED) is 0.473. The number of thiophene rings is 1. The van der Waals surface area contributed by atoms with Crippen molar-refractivity contribution in [2.75, 3.05) is 5.32 Å². The van der Waals surface area contributed by atoms with Gasteiger partial charge in [0, 0.05) is 35.7 Å². The van der Waals surface area contributed by atoms with Crippen molar-refractivity contribution < 1.29 is 14.4 Å². The third kappa shape index (κ3) is 3.81. The molecular weight excluding hydrogens is 552 g/mol. The molecule has 11 heteroatoms. The Hall–Kier alpha value is -3.60. The number of pyridine rings is 1. The largest absolute Gasteiger partial charge is 0.336 e. The number of nitrogens with one attached hydrogen (secondary N) is 2. The van der Waals surface area contributed by atoms with Gasteiger partial charge in [0.05, 0.1) is 5.39 Å². The lowest BCUT2D eigenvalue weighted by molar-refractivity contribution is -0.142. The summed E-state index contributed by atoms with van der Waals surface area (Å²) in [5.74, 6) is 0.802. The molecule has 218 valence electrons. The van der Waals surface area contributed by atoms with Crippen LogP contribution in [0.1, 0.15) is 90.7 Å². The molecule has 2 saturated heterocycles. The highest BCUT2D eigenvalue weighted by Crippen LogP contribution is 2.43. The molecule has 5 aliphatic rings. The number of fused-ring (bicyclic) bond motifs is 7. The molecule has 3 aromatic rings. The van der Waals surface area contributed by atoms with Crippen LogP contribution < -0.4 is 16.2 Å². The summed E-state index contributed by atoms with van der Waals surface area (Å²) < 4.78 is 1.70. The Morgan fingerprint density at radius 3 is 2.57 bits per heavy atom. The Bertz CT molecular complexity index is 1720. The molecular formula is C31H34N6O4S. The Kier molecular flexibility index (Phi) is 5.87. The highest BCUT2D eigenvalue weighted by molar-refractivity contribution is 7.19. The number of rotatable bonds is 3. The summed E-state index contributed by atoms with van der Waals surface area (Å²) in [6.07, 6.45) is 11.1. The maximum Gasteiger partial charge on any atom is 0.276 e. The topological polar surface area (TPSA) is 126 Å². The van der Waals surface area contributed by atoms with Gasteiger partial charge in [-0.15, -0.1) is 11.3 Å². The zero-order chi connectivity index (χ0) is 28.7. The maximum atomic E-state index is 14.0. The van der Waals surface area contributed by atoms with Gasteiger partial charge in [-0.1, -0.05) is 6.42 Å². The van der Waals surface area contributed by atoms with E-state index in [0.717, 1.165) is 84.0 Å².